The molecule has 0 spiro atoms. The number of halogens is 1. The normalized spacial score (nSPS) is 18.5. The summed E-state index contributed by atoms with van der Waals surface area (Å²) in [6, 6.07) is 8.06. The molecular formula is C24H29FN4O3S. The quantitative estimate of drug-likeness (QED) is 0.540. The van der Waals surface area contributed by atoms with Crippen LogP contribution in [-0.2, 0) is 15.5 Å². The average Bonchev–Trinajstić information content (AvgIpc) is 3.29. The van der Waals surface area contributed by atoms with Gasteiger partial charge < -0.3 is 20.5 Å². The molecule has 0 saturated carbocycles. The van der Waals surface area contributed by atoms with Crippen LogP contribution >= 0.6 is 0 Å². The highest BCUT2D eigenvalue weighted by molar-refractivity contribution is 7.85. The number of nitrogen functional groups attached to an aromatic ring is 1. The molecule has 2 aromatic carbocycles. The molecule has 1 unspecified atom stereocenters. The van der Waals surface area contributed by atoms with Crippen molar-refractivity contribution >= 4 is 38.9 Å². The van der Waals surface area contributed by atoms with E-state index in [-0.39, 0.29) is 11.9 Å². The van der Waals surface area contributed by atoms with E-state index in [1.807, 2.05) is 13.0 Å². The van der Waals surface area contributed by atoms with Crippen molar-refractivity contribution in [2.45, 2.75) is 38.7 Å². The minimum absolute atomic E-state index is 0.0824. The highest BCUT2D eigenvalue weighted by Gasteiger charge is 2.20. The average molecular weight is 473 g/mol. The Morgan fingerprint density at radius 1 is 1.18 bits per heavy atom. The molecule has 176 valence electrons. The monoisotopic (exact) mass is 472 g/mol. The number of nitrogens with zero attached hydrogens (tertiary/aromatic N) is 2. The molecule has 33 heavy (non-hydrogen) atoms. The fourth-order valence-corrected chi connectivity index (χ4v) is 5.19. The molecule has 3 aromatic rings. The van der Waals surface area contributed by atoms with Crippen LogP contribution in [0.3, 0.4) is 0 Å². The van der Waals surface area contributed by atoms with Gasteiger partial charge in [-0.05, 0) is 49.6 Å². The molecule has 2 fully saturated rings. The first-order valence-corrected chi connectivity index (χ1v) is 12.6. The molecule has 1 atom stereocenters. The van der Waals surface area contributed by atoms with Crippen LogP contribution in [0.2, 0.25) is 0 Å². The molecule has 5 rings (SSSR count). The Labute approximate surface area is 195 Å². The van der Waals surface area contributed by atoms with Crippen LogP contribution in [0, 0.1) is 12.7 Å². The lowest BCUT2D eigenvalue weighted by atomic mass is 10.1. The van der Waals surface area contributed by atoms with Gasteiger partial charge in [0.1, 0.15) is 29.8 Å². The Morgan fingerprint density at radius 2 is 2.00 bits per heavy atom. The zero-order valence-electron chi connectivity index (χ0n) is 18.7. The van der Waals surface area contributed by atoms with Crippen LogP contribution in [0.1, 0.15) is 31.2 Å². The summed E-state index contributed by atoms with van der Waals surface area (Å²) in [7, 11) is -0.440. The van der Waals surface area contributed by atoms with E-state index >= 15 is 0 Å². The summed E-state index contributed by atoms with van der Waals surface area (Å²) < 4.78 is 35.6. The lowest BCUT2D eigenvalue weighted by Crippen LogP contribution is -2.16. The first kappa shape index (κ1) is 23.4. The second-order valence-electron chi connectivity index (χ2n) is 8.23. The lowest BCUT2D eigenvalue weighted by Gasteiger charge is -2.17. The smallest absolute Gasteiger partial charge is 0.146 e. The molecule has 2 saturated heterocycles. The van der Waals surface area contributed by atoms with Crippen molar-refractivity contribution in [3.63, 3.8) is 0 Å². The van der Waals surface area contributed by atoms with Gasteiger partial charge in [-0.2, -0.15) is 0 Å². The summed E-state index contributed by atoms with van der Waals surface area (Å²) in [4.78, 5) is 8.64. The number of nitrogens with one attached hydrogen (secondary N) is 1. The van der Waals surface area contributed by atoms with Gasteiger partial charge >= 0.3 is 0 Å². The predicted molar refractivity (Wildman–Crippen MR) is 130 cm³/mol. The second kappa shape index (κ2) is 10.9. The molecule has 2 aliphatic rings. The van der Waals surface area contributed by atoms with E-state index in [4.69, 9.17) is 15.2 Å². The van der Waals surface area contributed by atoms with Crippen molar-refractivity contribution in [2.24, 2.45) is 0 Å². The van der Waals surface area contributed by atoms with E-state index in [1.54, 1.807) is 12.1 Å². The maximum Gasteiger partial charge on any atom is 0.146 e. The van der Waals surface area contributed by atoms with Crippen molar-refractivity contribution < 1.29 is 18.1 Å². The molecular weight excluding hydrogens is 443 g/mol. The van der Waals surface area contributed by atoms with E-state index in [2.05, 4.69) is 15.3 Å². The largest absolute Gasteiger partial charge is 0.486 e. The minimum atomic E-state index is -0.440. The van der Waals surface area contributed by atoms with E-state index in [1.165, 1.54) is 37.7 Å². The van der Waals surface area contributed by atoms with Crippen LogP contribution in [0.4, 0.5) is 21.6 Å². The van der Waals surface area contributed by atoms with Gasteiger partial charge in [0.05, 0.1) is 24.4 Å². The fourth-order valence-electron chi connectivity index (χ4n) is 3.93. The maximum atomic E-state index is 13.7. The van der Waals surface area contributed by atoms with Crippen LogP contribution in [0.25, 0.3) is 10.9 Å². The minimum Gasteiger partial charge on any atom is -0.486 e. The van der Waals surface area contributed by atoms with Crippen molar-refractivity contribution in [1.29, 1.82) is 0 Å². The summed E-state index contributed by atoms with van der Waals surface area (Å²) in [5.74, 6) is 2.60. The summed E-state index contributed by atoms with van der Waals surface area (Å²) in [6.45, 7) is 3.11. The Hall–Kier alpha value is -2.78. The van der Waals surface area contributed by atoms with Gasteiger partial charge in [-0.3, -0.25) is 4.21 Å². The van der Waals surface area contributed by atoms with E-state index in [9.17, 15) is 8.60 Å². The van der Waals surface area contributed by atoms with Crippen LogP contribution in [0.5, 0.6) is 5.75 Å². The SMILES string of the molecule is Cc1cc(N)cc2ncnc(Nc3ccc(F)cc3OC3CCOC3)c12.O=S1CCCCC1. The molecule has 2 aliphatic heterocycles. The zero-order valence-corrected chi connectivity index (χ0v) is 19.5. The number of hydrogen-bond donors (Lipinski definition) is 2. The Kier molecular flexibility index (Phi) is 7.72. The Bertz CT molecular complexity index is 1130. The van der Waals surface area contributed by atoms with Gasteiger partial charge in [-0.15, -0.1) is 0 Å². The number of rotatable bonds is 4. The topological polar surface area (TPSA) is 99.4 Å². The number of ether oxygens (including phenoxy) is 2. The van der Waals surface area contributed by atoms with E-state index < -0.39 is 10.8 Å². The summed E-state index contributed by atoms with van der Waals surface area (Å²) in [5.41, 5.74) is 8.88. The second-order valence-corrected chi connectivity index (χ2v) is 9.93. The first-order chi connectivity index (χ1) is 16.0. The van der Waals surface area contributed by atoms with Gasteiger partial charge in [0.2, 0.25) is 0 Å². The van der Waals surface area contributed by atoms with Gasteiger partial charge in [-0.1, -0.05) is 6.42 Å². The highest BCUT2D eigenvalue weighted by atomic mass is 32.2. The van der Waals surface area contributed by atoms with Crippen molar-refractivity contribution in [2.75, 3.05) is 35.8 Å². The van der Waals surface area contributed by atoms with Gasteiger partial charge in [-0.25, -0.2) is 14.4 Å². The zero-order chi connectivity index (χ0) is 23.2. The van der Waals surface area contributed by atoms with Crippen LogP contribution in [-0.4, -0.2) is 45.0 Å². The third kappa shape index (κ3) is 6.17. The fraction of sp³-hybridized carbons (Fsp3) is 0.417. The summed E-state index contributed by atoms with van der Waals surface area (Å²) in [5, 5.41) is 4.11. The number of aromatic nitrogens is 2. The Balaban J connectivity index is 0.000000318. The predicted octanol–water partition coefficient (Wildman–Crippen LogP) is 4.49. The van der Waals surface area contributed by atoms with Gasteiger partial charge in [0, 0.05) is 45.9 Å². The summed E-state index contributed by atoms with van der Waals surface area (Å²) >= 11 is 0. The van der Waals surface area contributed by atoms with Gasteiger partial charge in [0.25, 0.3) is 0 Å². The van der Waals surface area contributed by atoms with Gasteiger partial charge in [0.15, 0.2) is 0 Å². The van der Waals surface area contributed by atoms with Crippen LogP contribution in [0.15, 0.2) is 36.7 Å². The molecule has 0 bridgehead atoms. The maximum absolute atomic E-state index is 13.7. The Morgan fingerprint density at radius 3 is 2.70 bits per heavy atom. The standard InChI is InChI=1S/C19H19FN4O2.C5H10OS/c1-11-6-13(21)8-16-18(11)19(23-10-22-16)24-15-3-2-12(20)7-17(15)26-14-4-5-25-9-14;6-7-4-2-1-3-5-7/h2-3,6-8,10,14H,4-5,9,21H2,1H3,(H,22,23,24);1-5H2. The molecule has 3 N–H and O–H groups in total. The van der Waals surface area contributed by atoms with Crippen molar-refractivity contribution in [3.05, 3.63) is 48.0 Å². The van der Waals surface area contributed by atoms with Crippen molar-refractivity contribution in [3.8, 4) is 5.75 Å². The molecule has 0 aliphatic carbocycles. The van der Waals surface area contributed by atoms with E-state index in [0.717, 1.165) is 34.4 Å². The lowest BCUT2D eigenvalue weighted by molar-refractivity contribution is 0.141. The van der Waals surface area contributed by atoms with E-state index in [0.29, 0.717) is 36.2 Å². The number of anilines is 3. The molecule has 9 heteroatoms. The van der Waals surface area contributed by atoms with Crippen molar-refractivity contribution in [1.82, 2.24) is 9.97 Å². The highest BCUT2D eigenvalue weighted by Crippen LogP contribution is 2.33. The molecule has 0 amide bonds. The number of fused-ring (bicyclic) bond motifs is 1. The third-order valence-electron chi connectivity index (χ3n) is 5.58. The molecule has 1 aromatic heterocycles. The summed E-state index contributed by atoms with van der Waals surface area (Å²) in [6.07, 6.45) is 5.84. The number of aryl methyl sites for hydroxylation is 1. The first-order valence-electron chi connectivity index (χ1n) is 11.2. The third-order valence-corrected chi connectivity index (χ3v) is 7.07. The molecule has 0 radical (unpaired) electrons. The number of hydrogen-bond acceptors (Lipinski definition) is 7. The molecule has 3 heterocycles. The number of benzene rings is 2. The number of nitrogens with two attached hydrogens (primary N) is 1. The van der Waals surface area contributed by atoms with Crippen LogP contribution < -0.4 is 15.8 Å². The molecule has 7 nitrogen and oxygen atoms in total.